The first-order chi connectivity index (χ1) is 45.0. The normalized spacial score (nSPS) is 23.0. The number of rotatable bonds is 40. The Hall–Kier alpha value is -6.36. The van der Waals surface area contributed by atoms with Crippen LogP contribution in [0, 0.1) is 35.5 Å². The molecule has 1 saturated carbocycles. The number of likely N-dealkylation sites (N-methyl/N-ethyl adjacent to an activating group) is 2. The summed E-state index contributed by atoms with van der Waals surface area (Å²) in [4.78, 5) is 169. The number of Topliss-reactive ketones (excluding diaryl/α,β-unsaturated/α-hetero) is 1. The lowest BCUT2D eigenvalue weighted by Crippen LogP contribution is -2.61. The molecule has 95 heavy (non-hydrogen) atoms. The summed E-state index contributed by atoms with van der Waals surface area (Å²) in [5.41, 5.74) is 12.1. The van der Waals surface area contributed by atoms with Crippen molar-refractivity contribution in [3.63, 3.8) is 0 Å². The number of carbonyl (C=O) groups is 12. The van der Waals surface area contributed by atoms with Gasteiger partial charge in [0.25, 0.3) is 0 Å². The molecule has 1 saturated heterocycles. The van der Waals surface area contributed by atoms with Crippen LogP contribution in [0.4, 0.5) is 0 Å². The van der Waals surface area contributed by atoms with Crippen molar-refractivity contribution in [1.82, 2.24) is 52.3 Å². The minimum atomic E-state index is -1.57. The molecule has 0 aromatic heterocycles. The first-order valence-electron chi connectivity index (χ1n) is 34.9. The Kier molecular flexibility index (Phi) is 39.7. The molecule has 16 atom stereocenters. The van der Waals surface area contributed by atoms with Crippen LogP contribution >= 0.6 is 0 Å². The van der Waals surface area contributed by atoms with E-state index in [1.807, 2.05) is 27.7 Å². The average molecular weight is 1350 g/mol. The molecule has 14 N–H and O–H groups in total. The third-order valence-electron chi connectivity index (χ3n) is 18.3. The molecule has 0 aromatic carbocycles. The van der Waals surface area contributed by atoms with Crippen LogP contribution in [-0.4, -0.2) is 211 Å². The lowest BCUT2D eigenvalue weighted by atomic mass is 9.94. The number of hydrogen-bond acceptors (Lipinski definition) is 18. The summed E-state index contributed by atoms with van der Waals surface area (Å²) in [6.45, 7) is 16.6. The Morgan fingerprint density at radius 2 is 1.32 bits per heavy atom. The van der Waals surface area contributed by atoms with Gasteiger partial charge in [-0.1, -0.05) is 160 Å². The summed E-state index contributed by atoms with van der Waals surface area (Å²) < 4.78 is 12.1. The van der Waals surface area contributed by atoms with Gasteiger partial charge in [-0.05, 0) is 55.8 Å². The minimum absolute atomic E-state index is 0.0779. The number of aliphatic hydroxyl groups is 2. The summed E-state index contributed by atoms with van der Waals surface area (Å²) in [5, 5.41) is 41.8. The average Bonchev–Trinajstić information content (AvgIpc) is 1.85. The van der Waals surface area contributed by atoms with Crippen LogP contribution in [0.2, 0.25) is 0 Å². The Labute approximate surface area is 563 Å². The van der Waals surface area contributed by atoms with Crippen LogP contribution in [0.5, 0.6) is 0 Å². The number of ketones is 1. The molecule has 1 heterocycles. The van der Waals surface area contributed by atoms with Gasteiger partial charge in [0.15, 0.2) is 5.78 Å². The molecule has 0 aromatic rings. The van der Waals surface area contributed by atoms with Gasteiger partial charge in [-0.15, -0.1) is 0 Å². The van der Waals surface area contributed by atoms with E-state index in [1.54, 1.807) is 41.5 Å². The fraction of sp³-hybridized carbons (Fsp3) is 0.821. The van der Waals surface area contributed by atoms with Gasteiger partial charge in [-0.2, -0.15) is 0 Å². The highest BCUT2D eigenvalue weighted by Crippen LogP contribution is 2.25. The largest absolute Gasteiger partial charge is 0.460 e. The smallest absolute Gasteiger partial charge is 0.325 e. The number of carbonyl (C=O) groups excluding carboxylic acids is 12. The van der Waals surface area contributed by atoms with Crippen molar-refractivity contribution in [2.75, 3.05) is 53.6 Å². The number of cyclic esters (lactones) is 1. The number of ether oxygens (including phenoxy) is 2. The molecule has 2 aliphatic rings. The number of nitrogens with two attached hydrogens (primary N) is 2. The number of hydrogen-bond donors (Lipinski definition) is 12. The summed E-state index contributed by atoms with van der Waals surface area (Å²) in [6.07, 6.45) is 10.8. The zero-order valence-electron chi connectivity index (χ0n) is 59.2. The van der Waals surface area contributed by atoms with Crippen LogP contribution < -0.4 is 54.0 Å². The van der Waals surface area contributed by atoms with E-state index in [4.69, 9.17) is 20.9 Å². The number of nitrogens with one attached hydrogen (secondary N) is 8. The van der Waals surface area contributed by atoms with Crippen molar-refractivity contribution in [3.05, 3.63) is 0 Å². The summed E-state index contributed by atoms with van der Waals surface area (Å²) in [7, 11) is 2.89. The number of esters is 1. The second-order valence-electron chi connectivity index (χ2n) is 26.8. The monoisotopic (exact) mass is 1350 g/mol. The molecule has 2 unspecified atom stereocenters. The van der Waals surface area contributed by atoms with E-state index in [1.165, 1.54) is 23.9 Å². The number of aliphatic hydroxyl groups excluding tert-OH is 2. The van der Waals surface area contributed by atoms with Gasteiger partial charge in [0, 0.05) is 40.2 Å². The second-order valence-corrected chi connectivity index (χ2v) is 26.8. The van der Waals surface area contributed by atoms with E-state index in [9.17, 15) is 67.7 Å². The molecular formula is C67H120N12O16. The molecular weight excluding hydrogens is 1230 g/mol. The maximum Gasteiger partial charge on any atom is 0.325 e. The Balaban J connectivity index is 2.60. The van der Waals surface area contributed by atoms with Crippen molar-refractivity contribution in [2.24, 2.45) is 47.0 Å². The van der Waals surface area contributed by atoms with Crippen LogP contribution in [-0.2, 0) is 67.0 Å². The lowest BCUT2D eigenvalue weighted by molar-refractivity contribution is -0.158. The molecule has 2 fully saturated rings. The second kappa shape index (κ2) is 44.5. The van der Waals surface area contributed by atoms with Gasteiger partial charge in [0.1, 0.15) is 61.0 Å². The zero-order valence-corrected chi connectivity index (χ0v) is 59.2. The molecule has 28 nitrogen and oxygen atoms in total. The van der Waals surface area contributed by atoms with Gasteiger partial charge < -0.3 is 83.5 Å². The Morgan fingerprint density at radius 3 is 1.87 bits per heavy atom. The highest BCUT2D eigenvalue weighted by molar-refractivity contribution is 6.04. The highest BCUT2D eigenvalue weighted by Gasteiger charge is 2.42. The van der Waals surface area contributed by atoms with Crippen molar-refractivity contribution in [2.45, 2.75) is 265 Å². The fourth-order valence-electron chi connectivity index (χ4n) is 11.2. The van der Waals surface area contributed by atoms with Crippen LogP contribution in [0.15, 0.2) is 0 Å². The molecule has 1 aliphatic carbocycles. The van der Waals surface area contributed by atoms with E-state index in [2.05, 4.69) is 49.5 Å². The SMILES string of the molecule is CCCCCCCCCC[C@H]1OC(=O)CNC(=O)[C@H](COCC(C)C[C@@H](C(=O)N[C@H](C(=O)N[C@@H](CN)C(=O)N[C@@H](CO)C(=O)NC2CC2=O)[C@H](C)CC)N(C)C(=O)[C@H](C)[C@H](O)CCCCCC)NC(=O)[C@H](CN)NC(=O)[C@H]([C@H](C)CC)NC(=O)[C@H](CC(C)C)N(C)C(=O)[C@@H]1C. The van der Waals surface area contributed by atoms with E-state index in [0.29, 0.717) is 38.5 Å². The third-order valence-corrected chi connectivity index (χ3v) is 18.3. The van der Waals surface area contributed by atoms with E-state index in [-0.39, 0.29) is 37.6 Å². The van der Waals surface area contributed by atoms with Gasteiger partial charge in [-0.3, -0.25) is 57.5 Å². The van der Waals surface area contributed by atoms with Crippen molar-refractivity contribution in [3.8, 4) is 0 Å². The van der Waals surface area contributed by atoms with Crippen LogP contribution in [0.3, 0.4) is 0 Å². The predicted molar refractivity (Wildman–Crippen MR) is 358 cm³/mol. The molecule has 544 valence electrons. The summed E-state index contributed by atoms with van der Waals surface area (Å²) >= 11 is 0. The molecule has 0 radical (unpaired) electrons. The predicted octanol–water partition coefficient (Wildman–Crippen LogP) is 1.27. The highest BCUT2D eigenvalue weighted by atomic mass is 16.5. The quantitative estimate of drug-likeness (QED) is 0.0304. The van der Waals surface area contributed by atoms with E-state index >= 15 is 0 Å². The molecule has 1 aliphatic heterocycles. The van der Waals surface area contributed by atoms with Gasteiger partial charge in [0.2, 0.25) is 59.1 Å². The van der Waals surface area contributed by atoms with E-state index < -0.39 is 194 Å². The summed E-state index contributed by atoms with van der Waals surface area (Å²) in [5.74, 6) is -12.5. The molecule has 0 spiro atoms. The Morgan fingerprint density at radius 1 is 0.726 bits per heavy atom. The molecule has 28 heteroatoms. The lowest BCUT2D eigenvalue weighted by Gasteiger charge is -2.34. The van der Waals surface area contributed by atoms with Crippen molar-refractivity contribution < 1.29 is 77.2 Å². The van der Waals surface area contributed by atoms with Crippen molar-refractivity contribution in [1.29, 1.82) is 0 Å². The van der Waals surface area contributed by atoms with Gasteiger partial charge in [0.05, 0.1) is 37.2 Å². The molecule has 10 amide bonds. The number of unbranched alkanes of at least 4 members (excludes halogenated alkanes) is 10. The first-order valence-corrected chi connectivity index (χ1v) is 34.9. The third kappa shape index (κ3) is 29.1. The first kappa shape index (κ1) is 84.7. The molecule has 0 bridgehead atoms. The number of amides is 10. The van der Waals surface area contributed by atoms with Crippen LogP contribution in [0.1, 0.15) is 198 Å². The molecule has 2 rings (SSSR count). The topological polar surface area (TPSA) is 419 Å². The van der Waals surface area contributed by atoms with Gasteiger partial charge >= 0.3 is 5.97 Å². The van der Waals surface area contributed by atoms with Gasteiger partial charge in [-0.25, -0.2) is 0 Å². The number of nitrogens with zero attached hydrogens (tertiary/aromatic N) is 2. The standard InChI is InChI=1S/C67H120N12O16/c1-14-18-20-22-23-24-25-27-29-54-44(11)67(93)78(12)50(30-39(5)6)62(88)76-56(41(8)16-3)64(90)73-47(34-69)60(86)75-49(58(84)70-35-55(83)95-54)38-94-37-40(7)31-51(79(13)66(92)43(10)52(81)28-26-21-19-15-2)63(89)77-57(42(9)17-4)65(91)72-46(33-68)59(85)74-48(36-80)61(87)71-45-32-53(45)82/h39-52,54,56-57,80-81H,14-38,68-69H2,1-13H3,(H,70,84)(H,71,87)(H,72,91)(H,73,90)(H,74,85)(H,75,86)(H,76,88)(H,77,89)/t40?,41-,42-,43-,44-,45?,46+,47+,48+,49+,50+,51+,52-,54-,56+,57+/m1/s1. The minimum Gasteiger partial charge on any atom is -0.460 e. The van der Waals surface area contributed by atoms with Crippen LogP contribution in [0.25, 0.3) is 0 Å². The zero-order chi connectivity index (χ0) is 71.6. The van der Waals surface area contributed by atoms with E-state index in [0.717, 1.165) is 64.2 Å². The summed E-state index contributed by atoms with van der Waals surface area (Å²) in [6, 6.07) is -11.7. The van der Waals surface area contributed by atoms with Crippen molar-refractivity contribution >= 4 is 70.8 Å². The fourth-order valence-corrected chi connectivity index (χ4v) is 11.2. The maximum absolute atomic E-state index is 14.8. The maximum atomic E-state index is 14.8. The Bertz CT molecular complexity index is 2470.